The van der Waals surface area contributed by atoms with Gasteiger partial charge in [-0.3, -0.25) is 4.79 Å². The largest absolute Gasteiger partial charge is 0.496 e. The standard InChI is InChI=1S/C21H20F2N4O2/c1-13-11-18(20(28)24-10-9-14-5-3-4-6-19(14)29-2)27-21(25-13)26-17-8-7-15(22)12-16(17)23/h3-8,11-12H,9-10H2,1-2H3,(H,24,28)(H,25,26,27). The topological polar surface area (TPSA) is 76.1 Å². The van der Waals surface area contributed by atoms with Crippen LogP contribution in [0.15, 0.2) is 48.5 Å². The maximum atomic E-state index is 13.8. The van der Waals surface area contributed by atoms with E-state index in [2.05, 4.69) is 20.6 Å². The fraction of sp³-hybridized carbons (Fsp3) is 0.190. The normalized spacial score (nSPS) is 10.5. The predicted molar refractivity (Wildman–Crippen MR) is 105 cm³/mol. The second-order valence-electron chi connectivity index (χ2n) is 6.29. The molecule has 8 heteroatoms. The molecule has 150 valence electrons. The number of para-hydroxylation sites is 1. The molecule has 6 nitrogen and oxygen atoms in total. The number of rotatable bonds is 7. The summed E-state index contributed by atoms with van der Waals surface area (Å²) in [7, 11) is 1.60. The van der Waals surface area contributed by atoms with E-state index in [0.29, 0.717) is 18.7 Å². The Bertz CT molecular complexity index is 1030. The van der Waals surface area contributed by atoms with E-state index in [9.17, 15) is 13.6 Å². The van der Waals surface area contributed by atoms with Gasteiger partial charge in [-0.15, -0.1) is 0 Å². The lowest BCUT2D eigenvalue weighted by atomic mass is 10.1. The predicted octanol–water partition coefficient (Wildman–Crippen LogP) is 3.79. The van der Waals surface area contributed by atoms with Crippen molar-refractivity contribution >= 4 is 17.5 Å². The van der Waals surface area contributed by atoms with Crippen molar-refractivity contribution in [2.45, 2.75) is 13.3 Å². The van der Waals surface area contributed by atoms with Gasteiger partial charge in [-0.1, -0.05) is 18.2 Å². The molecule has 29 heavy (non-hydrogen) atoms. The van der Waals surface area contributed by atoms with E-state index < -0.39 is 11.6 Å². The quantitative estimate of drug-likeness (QED) is 0.633. The van der Waals surface area contributed by atoms with Crippen LogP contribution in [0.5, 0.6) is 5.75 Å². The van der Waals surface area contributed by atoms with Gasteiger partial charge in [0.15, 0.2) is 0 Å². The van der Waals surface area contributed by atoms with Gasteiger partial charge in [-0.2, -0.15) is 0 Å². The summed E-state index contributed by atoms with van der Waals surface area (Å²) in [6, 6.07) is 12.2. The Morgan fingerprint density at radius 2 is 1.90 bits per heavy atom. The van der Waals surface area contributed by atoms with E-state index in [4.69, 9.17) is 4.74 Å². The minimum atomic E-state index is -0.780. The molecular weight excluding hydrogens is 378 g/mol. The molecule has 2 aromatic carbocycles. The van der Waals surface area contributed by atoms with Crippen molar-refractivity contribution in [3.05, 3.63) is 77.1 Å². The van der Waals surface area contributed by atoms with Crippen LogP contribution >= 0.6 is 0 Å². The summed E-state index contributed by atoms with van der Waals surface area (Å²) < 4.78 is 32.2. The summed E-state index contributed by atoms with van der Waals surface area (Å²) >= 11 is 0. The molecule has 0 unspecified atom stereocenters. The smallest absolute Gasteiger partial charge is 0.270 e. The van der Waals surface area contributed by atoms with Crippen LogP contribution in [0.3, 0.4) is 0 Å². The number of methoxy groups -OCH3 is 1. The van der Waals surface area contributed by atoms with Crippen LogP contribution in [0.25, 0.3) is 0 Å². The van der Waals surface area contributed by atoms with Crippen molar-refractivity contribution in [2.24, 2.45) is 0 Å². The zero-order valence-electron chi connectivity index (χ0n) is 16.0. The average molecular weight is 398 g/mol. The van der Waals surface area contributed by atoms with Crippen molar-refractivity contribution < 1.29 is 18.3 Å². The van der Waals surface area contributed by atoms with E-state index in [0.717, 1.165) is 23.4 Å². The zero-order valence-corrected chi connectivity index (χ0v) is 16.0. The fourth-order valence-electron chi connectivity index (χ4n) is 2.76. The molecule has 0 spiro atoms. The lowest BCUT2D eigenvalue weighted by molar-refractivity contribution is 0.0949. The number of nitrogens with zero attached hydrogens (tertiary/aromatic N) is 2. The molecule has 3 aromatic rings. The molecule has 0 atom stereocenters. The number of ether oxygens (including phenoxy) is 1. The molecule has 0 fully saturated rings. The highest BCUT2D eigenvalue weighted by Gasteiger charge is 2.12. The molecule has 0 aliphatic rings. The van der Waals surface area contributed by atoms with Crippen molar-refractivity contribution in [1.29, 1.82) is 0 Å². The molecule has 0 aliphatic heterocycles. The third-order valence-corrected chi connectivity index (χ3v) is 4.14. The number of aryl methyl sites for hydroxylation is 1. The van der Waals surface area contributed by atoms with Crippen LogP contribution in [-0.4, -0.2) is 29.5 Å². The van der Waals surface area contributed by atoms with Crippen LogP contribution in [0.4, 0.5) is 20.4 Å². The highest BCUT2D eigenvalue weighted by molar-refractivity contribution is 5.92. The Balaban J connectivity index is 1.67. The highest BCUT2D eigenvalue weighted by atomic mass is 19.1. The summed E-state index contributed by atoms with van der Waals surface area (Å²) in [5, 5.41) is 5.47. The van der Waals surface area contributed by atoms with Crippen molar-refractivity contribution in [2.75, 3.05) is 19.0 Å². The number of carbonyl (C=O) groups excluding carboxylic acids is 1. The summed E-state index contributed by atoms with van der Waals surface area (Å²) in [5.74, 6) is -1.04. The molecule has 2 N–H and O–H groups in total. The van der Waals surface area contributed by atoms with Gasteiger partial charge in [-0.25, -0.2) is 18.7 Å². The number of aromatic nitrogens is 2. The van der Waals surface area contributed by atoms with E-state index in [1.165, 1.54) is 12.1 Å². The number of nitrogens with one attached hydrogen (secondary N) is 2. The third kappa shape index (κ3) is 5.25. The van der Waals surface area contributed by atoms with Gasteiger partial charge in [0.1, 0.15) is 23.1 Å². The van der Waals surface area contributed by atoms with E-state index in [1.54, 1.807) is 14.0 Å². The molecule has 0 radical (unpaired) electrons. The number of benzene rings is 2. The summed E-state index contributed by atoms with van der Waals surface area (Å²) in [6.07, 6.45) is 0.589. The van der Waals surface area contributed by atoms with Gasteiger partial charge >= 0.3 is 0 Å². The van der Waals surface area contributed by atoms with Crippen molar-refractivity contribution in [1.82, 2.24) is 15.3 Å². The molecule has 0 saturated heterocycles. The van der Waals surface area contributed by atoms with Crippen LogP contribution in [-0.2, 0) is 6.42 Å². The number of halogens is 2. The van der Waals surface area contributed by atoms with Gasteiger partial charge in [0, 0.05) is 18.3 Å². The molecule has 3 rings (SSSR count). The molecule has 1 heterocycles. The molecule has 0 saturated carbocycles. The van der Waals surface area contributed by atoms with Gasteiger partial charge in [0.2, 0.25) is 5.95 Å². The summed E-state index contributed by atoms with van der Waals surface area (Å²) in [4.78, 5) is 20.8. The number of anilines is 2. The van der Waals surface area contributed by atoms with Crippen LogP contribution in [0.1, 0.15) is 21.7 Å². The van der Waals surface area contributed by atoms with Gasteiger partial charge in [0.25, 0.3) is 5.91 Å². The number of carbonyl (C=O) groups is 1. The minimum absolute atomic E-state index is 0.0135. The van der Waals surface area contributed by atoms with E-state index >= 15 is 0 Å². The molecule has 1 aromatic heterocycles. The lowest BCUT2D eigenvalue weighted by Gasteiger charge is -2.11. The maximum absolute atomic E-state index is 13.8. The van der Waals surface area contributed by atoms with Crippen molar-refractivity contribution in [3.63, 3.8) is 0 Å². The van der Waals surface area contributed by atoms with Gasteiger partial charge in [0.05, 0.1) is 12.8 Å². The van der Waals surface area contributed by atoms with Gasteiger partial charge < -0.3 is 15.4 Å². The first-order chi connectivity index (χ1) is 14.0. The molecule has 1 amide bonds. The second-order valence-corrected chi connectivity index (χ2v) is 6.29. The number of amides is 1. The Hall–Kier alpha value is -3.55. The summed E-state index contributed by atoms with van der Waals surface area (Å²) in [6.45, 7) is 2.08. The van der Waals surface area contributed by atoms with E-state index in [-0.39, 0.29) is 23.2 Å². The Morgan fingerprint density at radius 3 is 2.66 bits per heavy atom. The molecule has 0 bridgehead atoms. The second kappa shape index (κ2) is 9.09. The summed E-state index contributed by atoms with van der Waals surface area (Å²) in [5.41, 5.74) is 1.66. The molecule has 0 aliphatic carbocycles. The van der Waals surface area contributed by atoms with Crippen LogP contribution < -0.4 is 15.4 Å². The lowest BCUT2D eigenvalue weighted by Crippen LogP contribution is -2.27. The zero-order chi connectivity index (χ0) is 20.8. The van der Waals surface area contributed by atoms with E-state index in [1.807, 2.05) is 24.3 Å². The first kappa shape index (κ1) is 20.2. The average Bonchev–Trinajstić information content (AvgIpc) is 2.70. The molecular formula is C21H20F2N4O2. The number of hydrogen-bond acceptors (Lipinski definition) is 5. The highest BCUT2D eigenvalue weighted by Crippen LogP contribution is 2.19. The Labute approximate surface area is 167 Å². The third-order valence-electron chi connectivity index (χ3n) is 4.14. The fourth-order valence-corrected chi connectivity index (χ4v) is 2.76. The van der Waals surface area contributed by atoms with Crippen LogP contribution in [0.2, 0.25) is 0 Å². The Kier molecular flexibility index (Phi) is 6.33. The number of hydrogen-bond donors (Lipinski definition) is 2. The Morgan fingerprint density at radius 1 is 1.10 bits per heavy atom. The first-order valence-electron chi connectivity index (χ1n) is 8.94. The van der Waals surface area contributed by atoms with Crippen LogP contribution in [0, 0.1) is 18.6 Å². The monoisotopic (exact) mass is 398 g/mol. The first-order valence-corrected chi connectivity index (χ1v) is 8.94. The SMILES string of the molecule is COc1ccccc1CCNC(=O)c1cc(C)nc(Nc2ccc(F)cc2F)n1. The van der Waals surface area contributed by atoms with Crippen molar-refractivity contribution in [3.8, 4) is 5.75 Å². The maximum Gasteiger partial charge on any atom is 0.270 e. The minimum Gasteiger partial charge on any atom is -0.496 e. The van der Waals surface area contributed by atoms with Gasteiger partial charge in [-0.05, 0) is 43.2 Å².